The number of aliphatic hydroxyl groups is 1. The molecule has 0 aromatic rings. The maximum Gasteiger partial charge on any atom is 0.0584 e. The Bertz CT molecular complexity index is 427. The first-order chi connectivity index (χ1) is 9.55. The van der Waals surface area contributed by atoms with Gasteiger partial charge in [0.15, 0.2) is 0 Å². The fourth-order valence-corrected chi connectivity index (χ4v) is 6.95. The van der Waals surface area contributed by atoms with Crippen molar-refractivity contribution in [2.75, 3.05) is 0 Å². The number of aliphatic hydroxyl groups excluding tert-OH is 1. The van der Waals surface area contributed by atoms with Crippen LogP contribution < -0.4 is 0 Å². The van der Waals surface area contributed by atoms with Crippen LogP contribution in [0.15, 0.2) is 12.2 Å². The van der Waals surface area contributed by atoms with Gasteiger partial charge in [-0.15, -0.1) is 0 Å². The van der Waals surface area contributed by atoms with Crippen molar-refractivity contribution < 1.29 is 5.11 Å². The lowest BCUT2D eigenvalue weighted by molar-refractivity contribution is -0.138. The van der Waals surface area contributed by atoms with Crippen LogP contribution in [-0.4, -0.2) is 11.2 Å². The molecule has 0 radical (unpaired) electrons. The van der Waals surface area contributed by atoms with E-state index in [-0.39, 0.29) is 11.5 Å². The van der Waals surface area contributed by atoms with Crippen molar-refractivity contribution in [1.82, 2.24) is 0 Å². The molecule has 0 aromatic heterocycles. The van der Waals surface area contributed by atoms with Gasteiger partial charge in [0.1, 0.15) is 0 Å². The van der Waals surface area contributed by atoms with Gasteiger partial charge in [0.05, 0.1) is 6.10 Å². The van der Waals surface area contributed by atoms with E-state index in [1.54, 1.807) is 0 Å². The highest BCUT2D eigenvalue weighted by atomic mass is 16.3. The van der Waals surface area contributed by atoms with Crippen molar-refractivity contribution in [3.05, 3.63) is 12.2 Å². The second-order valence-electron chi connectivity index (χ2n) is 8.73. The Balaban J connectivity index is 1.73. The predicted octanol–water partition coefficient (Wildman–Crippen LogP) is 4.56. The minimum Gasteiger partial charge on any atom is -0.393 e. The fourth-order valence-electron chi connectivity index (χ4n) is 6.95. The third-order valence-electron chi connectivity index (χ3n) is 7.83. The lowest BCUT2D eigenvalue weighted by Crippen LogP contribution is -2.56. The predicted molar refractivity (Wildman–Crippen MR) is 82.3 cm³/mol. The van der Waals surface area contributed by atoms with Gasteiger partial charge in [0, 0.05) is 0 Å². The molecule has 112 valence electrons. The van der Waals surface area contributed by atoms with Gasteiger partial charge in [-0.25, -0.2) is 0 Å². The summed E-state index contributed by atoms with van der Waals surface area (Å²) in [5.74, 6) is 3.04. The molecular formula is C19H30O. The van der Waals surface area contributed by atoms with Gasteiger partial charge in [-0.05, 0) is 79.4 Å². The van der Waals surface area contributed by atoms with E-state index in [1.165, 1.54) is 44.9 Å². The molecule has 1 nitrogen and oxygen atoms in total. The van der Waals surface area contributed by atoms with Crippen LogP contribution in [0.2, 0.25) is 0 Å². The second kappa shape index (κ2) is 4.35. The molecular weight excluding hydrogens is 244 g/mol. The van der Waals surface area contributed by atoms with Crippen molar-refractivity contribution in [2.24, 2.45) is 34.5 Å². The third kappa shape index (κ3) is 1.65. The van der Waals surface area contributed by atoms with Gasteiger partial charge >= 0.3 is 0 Å². The van der Waals surface area contributed by atoms with E-state index >= 15 is 0 Å². The Morgan fingerprint density at radius 3 is 2.80 bits per heavy atom. The van der Waals surface area contributed by atoms with E-state index in [0.717, 1.165) is 24.2 Å². The van der Waals surface area contributed by atoms with Crippen LogP contribution in [0.3, 0.4) is 0 Å². The highest BCUT2D eigenvalue weighted by molar-refractivity contribution is 5.16. The van der Waals surface area contributed by atoms with Crippen molar-refractivity contribution in [3.63, 3.8) is 0 Å². The van der Waals surface area contributed by atoms with Crippen LogP contribution in [0.4, 0.5) is 0 Å². The first kappa shape index (κ1) is 13.4. The Kier molecular flexibility index (Phi) is 2.91. The minimum atomic E-state index is -0.0603. The SMILES string of the molecule is C[C@@]12CCC[C@H]1[C@@H]1CCC3CCC=C[C@]3(C)[C@@H]1C(O)C2. The summed E-state index contributed by atoms with van der Waals surface area (Å²) in [5, 5.41) is 11.0. The van der Waals surface area contributed by atoms with E-state index in [1.807, 2.05) is 0 Å². The molecule has 0 amide bonds. The zero-order valence-corrected chi connectivity index (χ0v) is 13.1. The Morgan fingerprint density at radius 1 is 1.10 bits per heavy atom. The lowest BCUT2D eigenvalue weighted by atomic mass is 9.46. The number of fused-ring (bicyclic) bond motifs is 5. The summed E-state index contributed by atoms with van der Waals surface area (Å²) in [7, 11) is 0. The summed E-state index contributed by atoms with van der Waals surface area (Å²) >= 11 is 0. The number of hydrogen-bond donors (Lipinski definition) is 1. The van der Waals surface area contributed by atoms with Crippen LogP contribution in [0.25, 0.3) is 0 Å². The third-order valence-corrected chi connectivity index (χ3v) is 7.83. The molecule has 2 unspecified atom stereocenters. The number of hydrogen-bond acceptors (Lipinski definition) is 1. The largest absolute Gasteiger partial charge is 0.393 e. The van der Waals surface area contributed by atoms with Crippen molar-refractivity contribution in [1.29, 1.82) is 0 Å². The maximum absolute atomic E-state index is 11.0. The van der Waals surface area contributed by atoms with Crippen molar-refractivity contribution in [2.45, 2.75) is 71.3 Å². The molecule has 1 N–H and O–H groups in total. The van der Waals surface area contributed by atoms with Gasteiger partial charge in [0.2, 0.25) is 0 Å². The smallest absolute Gasteiger partial charge is 0.0584 e. The summed E-state index contributed by atoms with van der Waals surface area (Å²) in [5.41, 5.74) is 0.729. The zero-order chi connectivity index (χ0) is 14.0. The molecule has 0 spiro atoms. The Morgan fingerprint density at radius 2 is 1.95 bits per heavy atom. The topological polar surface area (TPSA) is 20.2 Å². The zero-order valence-electron chi connectivity index (χ0n) is 13.1. The summed E-state index contributed by atoms with van der Waals surface area (Å²) in [6.07, 6.45) is 15.5. The number of allylic oxidation sites excluding steroid dienone is 2. The quantitative estimate of drug-likeness (QED) is 0.642. The van der Waals surface area contributed by atoms with Gasteiger partial charge in [-0.1, -0.05) is 32.4 Å². The molecule has 4 aliphatic carbocycles. The number of rotatable bonds is 0. The summed E-state index contributed by atoms with van der Waals surface area (Å²) in [4.78, 5) is 0. The van der Waals surface area contributed by atoms with Crippen LogP contribution in [0.5, 0.6) is 0 Å². The molecule has 3 saturated carbocycles. The molecule has 0 aromatic carbocycles. The standard InChI is InChI=1S/C19H30O/c1-18-10-5-7-15(18)14-9-8-13-6-3-4-11-19(13,2)17(14)16(20)12-18/h4,11,13-17,20H,3,5-10,12H2,1-2H3/t13?,14-,15-,16?,17-,18-,19-/m0/s1. The van der Waals surface area contributed by atoms with Gasteiger partial charge in [0.25, 0.3) is 0 Å². The Labute approximate surface area is 123 Å². The summed E-state index contributed by atoms with van der Waals surface area (Å²) < 4.78 is 0. The summed E-state index contributed by atoms with van der Waals surface area (Å²) in [6.45, 7) is 4.93. The summed E-state index contributed by atoms with van der Waals surface area (Å²) in [6, 6.07) is 0. The van der Waals surface area contributed by atoms with E-state index in [9.17, 15) is 5.11 Å². The minimum absolute atomic E-state index is 0.0603. The lowest BCUT2D eigenvalue weighted by Gasteiger charge is -2.60. The molecule has 0 bridgehead atoms. The monoisotopic (exact) mass is 274 g/mol. The highest BCUT2D eigenvalue weighted by Gasteiger charge is 2.59. The maximum atomic E-state index is 11.0. The molecule has 0 saturated heterocycles. The molecule has 20 heavy (non-hydrogen) atoms. The van der Waals surface area contributed by atoms with Gasteiger partial charge < -0.3 is 5.11 Å². The Hall–Kier alpha value is -0.300. The molecule has 3 fully saturated rings. The molecule has 4 aliphatic rings. The fraction of sp³-hybridized carbons (Fsp3) is 0.895. The normalized spacial score (nSPS) is 57.9. The molecule has 0 aliphatic heterocycles. The van der Waals surface area contributed by atoms with Crippen LogP contribution in [0.1, 0.15) is 65.2 Å². The molecule has 1 heteroatoms. The molecule has 7 atom stereocenters. The van der Waals surface area contributed by atoms with Crippen LogP contribution in [-0.2, 0) is 0 Å². The van der Waals surface area contributed by atoms with Crippen LogP contribution >= 0.6 is 0 Å². The first-order valence-electron chi connectivity index (χ1n) is 8.90. The van der Waals surface area contributed by atoms with Crippen molar-refractivity contribution in [3.8, 4) is 0 Å². The first-order valence-corrected chi connectivity index (χ1v) is 8.90. The van der Waals surface area contributed by atoms with Gasteiger partial charge in [-0.2, -0.15) is 0 Å². The van der Waals surface area contributed by atoms with E-state index in [0.29, 0.717) is 11.3 Å². The highest BCUT2D eigenvalue weighted by Crippen LogP contribution is 2.65. The average Bonchev–Trinajstić information content (AvgIpc) is 2.78. The van der Waals surface area contributed by atoms with E-state index in [4.69, 9.17) is 0 Å². The van der Waals surface area contributed by atoms with Crippen molar-refractivity contribution >= 4 is 0 Å². The van der Waals surface area contributed by atoms with Gasteiger partial charge in [-0.3, -0.25) is 0 Å². The molecule has 4 rings (SSSR count). The van der Waals surface area contributed by atoms with E-state index in [2.05, 4.69) is 26.0 Å². The van der Waals surface area contributed by atoms with E-state index < -0.39 is 0 Å². The second-order valence-corrected chi connectivity index (χ2v) is 8.73. The van der Waals surface area contributed by atoms with Crippen LogP contribution in [0, 0.1) is 34.5 Å². The molecule has 0 heterocycles. The average molecular weight is 274 g/mol.